The molecule has 2 aromatic rings. The number of amides is 1. The number of hydrogen-bond donors (Lipinski definition) is 1. The Balaban J connectivity index is 1.87. The second kappa shape index (κ2) is 7.37. The zero-order valence-corrected chi connectivity index (χ0v) is 15.0. The number of aromatic nitrogens is 3. The molecule has 0 spiro atoms. The molecular weight excluding hydrogens is 322 g/mol. The Bertz CT molecular complexity index is 804. The summed E-state index contributed by atoms with van der Waals surface area (Å²) in [6.07, 6.45) is 3.37. The standard InChI is InChI=1S/C17H25N5O3/c1-12-9-15-18-10-14(17(24)22(15)19-12)16(23)21(7-6-20(2)3)11-13-5-4-8-25-13/h9-10,13,19H,4-8,11H2,1-3H3. The van der Waals surface area contributed by atoms with Crippen LogP contribution in [0.1, 0.15) is 28.9 Å². The summed E-state index contributed by atoms with van der Waals surface area (Å²) < 4.78 is 6.99. The molecule has 0 aromatic carbocycles. The second-order valence-corrected chi connectivity index (χ2v) is 6.80. The topological polar surface area (TPSA) is 82.9 Å². The van der Waals surface area contributed by atoms with Crippen LogP contribution in [0.25, 0.3) is 5.65 Å². The Labute approximate surface area is 146 Å². The van der Waals surface area contributed by atoms with E-state index in [-0.39, 0.29) is 23.1 Å². The maximum atomic E-state index is 13.0. The van der Waals surface area contributed by atoms with Crippen LogP contribution in [0.2, 0.25) is 0 Å². The largest absolute Gasteiger partial charge is 0.376 e. The average Bonchev–Trinajstić information content (AvgIpc) is 3.20. The van der Waals surface area contributed by atoms with Gasteiger partial charge in [-0.2, -0.15) is 0 Å². The van der Waals surface area contributed by atoms with Gasteiger partial charge in [-0.05, 0) is 33.9 Å². The molecule has 25 heavy (non-hydrogen) atoms. The molecule has 1 aliphatic heterocycles. The fourth-order valence-electron chi connectivity index (χ4n) is 3.03. The van der Waals surface area contributed by atoms with Crippen molar-refractivity contribution in [2.75, 3.05) is 40.3 Å². The van der Waals surface area contributed by atoms with E-state index in [9.17, 15) is 9.59 Å². The lowest BCUT2D eigenvalue weighted by Crippen LogP contribution is -2.43. The molecule has 136 valence electrons. The number of carbonyl (C=O) groups is 1. The highest BCUT2D eigenvalue weighted by Gasteiger charge is 2.25. The first kappa shape index (κ1) is 17.6. The van der Waals surface area contributed by atoms with E-state index in [0.717, 1.165) is 31.7 Å². The Morgan fingerprint density at radius 1 is 1.44 bits per heavy atom. The molecule has 0 aliphatic carbocycles. The smallest absolute Gasteiger partial charge is 0.285 e. The summed E-state index contributed by atoms with van der Waals surface area (Å²) in [6.45, 7) is 4.34. The summed E-state index contributed by atoms with van der Waals surface area (Å²) in [5, 5.41) is 2.92. The van der Waals surface area contributed by atoms with Gasteiger partial charge in [-0.25, -0.2) is 9.50 Å². The van der Waals surface area contributed by atoms with Gasteiger partial charge in [-0.15, -0.1) is 0 Å². The van der Waals surface area contributed by atoms with Crippen molar-refractivity contribution in [3.63, 3.8) is 0 Å². The minimum Gasteiger partial charge on any atom is -0.376 e. The molecule has 1 N–H and O–H groups in total. The molecule has 1 amide bonds. The van der Waals surface area contributed by atoms with E-state index in [1.807, 2.05) is 25.9 Å². The number of carbonyl (C=O) groups excluding carboxylic acids is 1. The maximum absolute atomic E-state index is 13.0. The molecule has 0 saturated carbocycles. The normalized spacial score (nSPS) is 17.5. The lowest BCUT2D eigenvalue weighted by Gasteiger charge is -2.26. The van der Waals surface area contributed by atoms with Gasteiger partial charge in [0.05, 0.1) is 6.10 Å². The average molecular weight is 347 g/mol. The van der Waals surface area contributed by atoms with Gasteiger partial charge >= 0.3 is 0 Å². The van der Waals surface area contributed by atoms with Crippen LogP contribution in [0.5, 0.6) is 0 Å². The van der Waals surface area contributed by atoms with Gasteiger partial charge in [0, 0.05) is 44.2 Å². The molecule has 1 saturated heterocycles. The molecule has 0 radical (unpaired) electrons. The van der Waals surface area contributed by atoms with Crippen molar-refractivity contribution < 1.29 is 9.53 Å². The molecule has 1 fully saturated rings. The van der Waals surface area contributed by atoms with Gasteiger partial charge in [0.1, 0.15) is 5.56 Å². The van der Waals surface area contributed by atoms with Crippen LogP contribution in [0.15, 0.2) is 17.1 Å². The number of H-pyrrole nitrogens is 1. The van der Waals surface area contributed by atoms with Crippen LogP contribution < -0.4 is 5.56 Å². The summed E-state index contributed by atoms with van der Waals surface area (Å²) in [5.74, 6) is -0.295. The maximum Gasteiger partial charge on any atom is 0.285 e. The summed E-state index contributed by atoms with van der Waals surface area (Å²) in [5.41, 5.74) is 1.04. The Morgan fingerprint density at radius 2 is 2.24 bits per heavy atom. The van der Waals surface area contributed by atoms with Gasteiger partial charge in [-0.1, -0.05) is 0 Å². The van der Waals surface area contributed by atoms with Gasteiger partial charge in [-0.3, -0.25) is 14.7 Å². The van der Waals surface area contributed by atoms with E-state index >= 15 is 0 Å². The summed E-state index contributed by atoms with van der Waals surface area (Å²) in [7, 11) is 3.91. The number of likely N-dealkylation sites (N-methyl/N-ethyl adjacent to an activating group) is 1. The first-order chi connectivity index (χ1) is 12.0. The summed E-state index contributed by atoms with van der Waals surface area (Å²) >= 11 is 0. The van der Waals surface area contributed by atoms with Gasteiger partial charge in [0.15, 0.2) is 5.65 Å². The molecule has 3 heterocycles. The van der Waals surface area contributed by atoms with Gasteiger partial charge in [0.2, 0.25) is 0 Å². The number of aryl methyl sites for hydroxylation is 1. The third-order valence-corrected chi connectivity index (χ3v) is 4.41. The minimum absolute atomic E-state index is 0.0401. The van der Waals surface area contributed by atoms with Crippen molar-refractivity contribution in [2.45, 2.75) is 25.9 Å². The van der Waals surface area contributed by atoms with E-state index in [0.29, 0.717) is 18.7 Å². The predicted molar refractivity (Wildman–Crippen MR) is 94.0 cm³/mol. The Morgan fingerprint density at radius 3 is 2.92 bits per heavy atom. The fraction of sp³-hybridized carbons (Fsp3) is 0.588. The van der Waals surface area contributed by atoms with Crippen molar-refractivity contribution in [3.8, 4) is 0 Å². The van der Waals surface area contributed by atoms with Crippen molar-refractivity contribution in [2.24, 2.45) is 0 Å². The highest BCUT2D eigenvalue weighted by atomic mass is 16.5. The Hall–Kier alpha value is -2.19. The number of nitrogens with zero attached hydrogens (tertiary/aromatic N) is 4. The number of ether oxygens (including phenoxy) is 1. The molecule has 0 bridgehead atoms. The Kier molecular flexibility index (Phi) is 5.19. The first-order valence-corrected chi connectivity index (χ1v) is 8.58. The highest BCUT2D eigenvalue weighted by Crippen LogP contribution is 2.14. The van der Waals surface area contributed by atoms with Crippen LogP contribution in [-0.2, 0) is 4.74 Å². The lowest BCUT2D eigenvalue weighted by atomic mass is 10.2. The highest BCUT2D eigenvalue weighted by molar-refractivity contribution is 5.93. The molecule has 2 aromatic heterocycles. The number of nitrogens with one attached hydrogen (secondary N) is 1. The third-order valence-electron chi connectivity index (χ3n) is 4.41. The monoisotopic (exact) mass is 347 g/mol. The molecule has 1 aliphatic rings. The van der Waals surface area contributed by atoms with Crippen molar-refractivity contribution >= 4 is 11.6 Å². The minimum atomic E-state index is -0.370. The third kappa shape index (κ3) is 3.91. The SMILES string of the molecule is Cc1cc2ncc(C(=O)N(CCN(C)C)CC3CCCO3)c(=O)n2[nH]1. The summed E-state index contributed by atoms with van der Waals surface area (Å²) in [6, 6.07) is 1.77. The first-order valence-electron chi connectivity index (χ1n) is 8.58. The van der Waals surface area contributed by atoms with Gasteiger partial charge < -0.3 is 14.5 Å². The van der Waals surface area contributed by atoms with E-state index in [2.05, 4.69) is 10.1 Å². The zero-order valence-electron chi connectivity index (χ0n) is 15.0. The number of hydrogen-bond acceptors (Lipinski definition) is 5. The van der Waals surface area contributed by atoms with Crippen LogP contribution in [0.3, 0.4) is 0 Å². The van der Waals surface area contributed by atoms with E-state index in [1.165, 1.54) is 10.7 Å². The quantitative estimate of drug-likeness (QED) is 0.823. The molecular formula is C17H25N5O3. The fourth-order valence-corrected chi connectivity index (χ4v) is 3.03. The number of aromatic amines is 1. The van der Waals surface area contributed by atoms with E-state index in [1.54, 1.807) is 11.0 Å². The van der Waals surface area contributed by atoms with E-state index in [4.69, 9.17) is 4.74 Å². The molecule has 8 nitrogen and oxygen atoms in total. The number of fused-ring (bicyclic) bond motifs is 1. The van der Waals surface area contributed by atoms with E-state index < -0.39 is 0 Å². The lowest BCUT2D eigenvalue weighted by molar-refractivity contribution is 0.0510. The zero-order chi connectivity index (χ0) is 18.0. The molecule has 8 heteroatoms. The molecule has 1 unspecified atom stereocenters. The summed E-state index contributed by atoms with van der Waals surface area (Å²) in [4.78, 5) is 33.6. The van der Waals surface area contributed by atoms with Crippen LogP contribution in [0, 0.1) is 6.92 Å². The van der Waals surface area contributed by atoms with Crippen LogP contribution in [0.4, 0.5) is 0 Å². The molecule has 1 atom stereocenters. The molecule has 3 rings (SSSR count). The van der Waals surface area contributed by atoms with Crippen molar-refractivity contribution in [1.82, 2.24) is 24.4 Å². The number of rotatable bonds is 6. The van der Waals surface area contributed by atoms with Crippen molar-refractivity contribution in [3.05, 3.63) is 33.9 Å². The van der Waals surface area contributed by atoms with Crippen LogP contribution in [-0.4, -0.2) is 76.7 Å². The van der Waals surface area contributed by atoms with Crippen molar-refractivity contribution in [1.29, 1.82) is 0 Å². The predicted octanol–water partition coefficient (Wildman–Crippen LogP) is 0.514. The second-order valence-electron chi connectivity index (χ2n) is 6.80. The van der Waals surface area contributed by atoms with Gasteiger partial charge in [0.25, 0.3) is 11.5 Å². The van der Waals surface area contributed by atoms with Crippen LogP contribution >= 0.6 is 0 Å².